The van der Waals surface area contributed by atoms with Gasteiger partial charge in [0.2, 0.25) is 4.96 Å². The van der Waals surface area contributed by atoms with Gasteiger partial charge in [0.05, 0.1) is 17.3 Å². The molecule has 0 spiro atoms. The summed E-state index contributed by atoms with van der Waals surface area (Å²) in [5, 5.41) is 5.98. The third-order valence-corrected chi connectivity index (χ3v) is 4.49. The number of imidazole rings is 1. The smallest absolute Gasteiger partial charge is 0.213 e. The summed E-state index contributed by atoms with van der Waals surface area (Å²) in [6, 6.07) is 7.41. The summed E-state index contributed by atoms with van der Waals surface area (Å²) < 4.78 is 7.25. The highest BCUT2D eigenvalue weighted by Gasteiger charge is 2.12. The van der Waals surface area contributed by atoms with E-state index in [0.29, 0.717) is 28.8 Å². The predicted octanol–water partition coefficient (Wildman–Crippen LogP) is 3.58. The van der Waals surface area contributed by atoms with Crippen molar-refractivity contribution in [2.75, 3.05) is 6.61 Å². The summed E-state index contributed by atoms with van der Waals surface area (Å²) in [7, 11) is 0. The van der Waals surface area contributed by atoms with E-state index in [-0.39, 0.29) is 0 Å². The Bertz CT molecular complexity index is 812. The van der Waals surface area contributed by atoms with Gasteiger partial charge < -0.3 is 4.74 Å². The van der Waals surface area contributed by atoms with Crippen LogP contribution in [0, 0.1) is 6.92 Å². The van der Waals surface area contributed by atoms with Crippen LogP contribution in [0.5, 0.6) is 5.75 Å². The minimum Gasteiger partial charge on any atom is -0.492 e. The van der Waals surface area contributed by atoms with Crippen LogP contribution in [0.1, 0.15) is 27.6 Å². The Kier molecular flexibility index (Phi) is 4.40. The molecule has 0 fully saturated rings. The topological polar surface area (TPSA) is 56.5 Å². The van der Waals surface area contributed by atoms with E-state index in [9.17, 15) is 4.79 Å². The van der Waals surface area contributed by atoms with Crippen LogP contribution in [0.3, 0.4) is 0 Å². The van der Waals surface area contributed by atoms with Crippen LogP contribution < -0.4 is 4.74 Å². The fourth-order valence-corrected chi connectivity index (χ4v) is 3.29. The number of benzene rings is 1. The maximum atomic E-state index is 11.0. The van der Waals surface area contributed by atoms with Crippen molar-refractivity contribution in [1.29, 1.82) is 0 Å². The minimum atomic E-state index is 0.518. The molecule has 114 valence electrons. The number of rotatable bonds is 6. The number of ether oxygens (including phenoxy) is 1. The normalized spacial score (nSPS) is 11.0. The number of halogens is 1. The van der Waals surface area contributed by atoms with Gasteiger partial charge >= 0.3 is 0 Å². The molecule has 0 saturated carbocycles. The SMILES string of the molecule is Cc1nc2sc(CCCOc3ccccc3Cl)nn2c1C=O. The molecule has 1 aromatic carbocycles. The van der Waals surface area contributed by atoms with E-state index in [2.05, 4.69) is 10.1 Å². The van der Waals surface area contributed by atoms with Gasteiger partial charge in [-0.3, -0.25) is 4.79 Å². The highest BCUT2D eigenvalue weighted by Crippen LogP contribution is 2.23. The molecular formula is C15H14ClN3O2S. The van der Waals surface area contributed by atoms with E-state index >= 15 is 0 Å². The number of aryl methyl sites for hydroxylation is 2. The van der Waals surface area contributed by atoms with Crippen LogP contribution >= 0.6 is 22.9 Å². The van der Waals surface area contributed by atoms with E-state index in [1.54, 1.807) is 10.6 Å². The third-order valence-electron chi connectivity index (χ3n) is 3.20. The van der Waals surface area contributed by atoms with Crippen molar-refractivity contribution in [2.24, 2.45) is 0 Å². The maximum Gasteiger partial charge on any atom is 0.213 e. The van der Waals surface area contributed by atoms with Crippen molar-refractivity contribution in [1.82, 2.24) is 14.6 Å². The van der Waals surface area contributed by atoms with Gasteiger partial charge in [0.25, 0.3) is 0 Å². The first-order chi connectivity index (χ1) is 10.7. The van der Waals surface area contributed by atoms with Gasteiger partial charge in [-0.25, -0.2) is 4.98 Å². The van der Waals surface area contributed by atoms with Gasteiger partial charge in [-0.05, 0) is 25.5 Å². The number of hydrogen-bond acceptors (Lipinski definition) is 5. The van der Waals surface area contributed by atoms with Crippen LogP contribution in [-0.2, 0) is 6.42 Å². The molecule has 22 heavy (non-hydrogen) atoms. The summed E-state index contributed by atoms with van der Waals surface area (Å²) in [5.41, 5.74) is 1.23. The molecule has 0 unspecified atom stereocenters. The van der Waals surface area contributed by atoms with Gasteiger partial charge in [0.15, 0.2) is 6.29 Å². The predicted molar refractivity (Wildman–Crippen MR) is 86.3 cm³/mol. The van der Waals surface area contributed by atoms with Crippen molar-refractivity contribution in [3.05, 3.63) is 45.7 Å². The fourth-order valence-electron chi connectivity index (χ4n) is 2.11. The molecule has 0 aliphatic heterocycles. The Morgan fingerprint density at radius 2 is 2.23 bits per heavy atom. The number of aldehydes is 1. The summed E-state index contributed by atoms with van der Waals surface area (Å²) in [4.78, 5) is 16.1. The monoisotopic (exact) mass is 335 g/mol. The summed E-state index contributed by atoms with van der Waals surface area (Å²) in [6.07, 6.45) is 2.38. The molecule has 0 saturated heterocycles. The van der Waals surface area contributed by atoms with Gasteiger partial charge in [-0.15, -0.1) is 0 Å². The molecule has 2 aromatic heterocycles. The standard InChI is InChI=1S/C15H14ClN3O2S/c1-10-12(9-20)19-15(17-10)22-14(18-19)7-4-8-21-13-6-3-2-5-11(13)16/h2-3,5-6,9H,4,7-8H2,1H3. The van der Waals surface area contributed by atoms with Gasteiger partial charge in [-0.2, -0.15) is 9.61 Å². The Morgan fingerprint density at radius 1 is 1.41 bits per heavy atom. The molecule has 5 nitrogen and oxygen atoms in total. The van der Waals surface area contributed by atoms with Crippen molar-refractivity contribution in [3.8, 4) is 5.75 Å². The first kappa shape index (κ1) is 15.0. The molecule has 2 heterocycles. The number of nitrogens with zero attached hydrogens (tertiary/aromatic N) is 3. The van der Waals surface area contributed by atoms with Crippen molar-refractivity contribution in [3.63, 3.8) is 0 Å². The second-order valence-corrected chi connectivity index (χ2v) is 6.22. The highest BCUT2D eigenvalue weighted by molar-refractivity contribution is 7.16. The average Bonchev–Trinajstić information content (AvgIpc) is 3.01. The van der Waals surface area contributed by atoms with Gasteiger partial charge in [-0.1, -0.05) is 35.1 Å². The molecule has 0 atom stereocenters. The summed E-state index contributed by atoms with van der Waals surface area (Å²) >= 11 is 7.52. The molecule has 0 aliphatic rings. The lowest BCUT2D eigenvalue weighted by Crippen LogP contribution is -2.00. The number of fused-ring (bicyclic) bond motifs is 1. The van der Waals surface area contributed by atoms with Crippen LogP contribution in [0.15, 0.2) is 24.3 Å². The zero-order valence-electron chi connectivity index (χ0n) is 12.0. The van der Waals surface area contributed by atoms with E-state index in [1.165, 1.54) is 11.3 Å². The van der Waals surface area contributed by atoms with Crippen molar-refractivity contribution >= 4 is 34.2 Å². The Labute approximate surface area is 136 Å². The molecule has 0 bridgehead atoms. The van der Waals surface area contributed by atoms with Crippen molar-refractivity contribution in [2.45, 2.75) is 19.8 Å². The van der Waals surface area contributed by atoms with Gasteiger partial charge in [0, 0.05) is 6.42 Å². The van der Waals surface area contributed by atoms with Crippen LogP contribution in [0.25, 0.3) is 4.96 Å². The first-order valence-corrected chi connectivity index (χ1v) is 8.06. The fraction of sp³-hybridized carbons (Fsp3) is 0.267. The zero-order valence-corrected chi connectivity index (χ0v) is 13.5. The average molecular weight is 336 g/mol. The second-order valence-electron chi connectivity index (χ2n) is 4.77. The number of aromatic nitrogens is 3. The van der Waals surface area contributed by atoms with E-state index < -0.39 is 0 Å². The first-order valence-electron chi connectivity index (χ1n) is 6.86. The molecule has 3 aromatic rings. The van der Waals surface area contributed by atoms with Crippen LogP contribution in [0.2, 0.25) is 5.02 Å². The molecule has 0 amide bonds. The molecule has 0 radical (unpaired) electrons. The lowest BCUT2D eigenvalue weighted by atomic mass is 10.3. The quantitative estimate of drug-likeness (QED) is 0.510. The van der Waals surface area contributed by atoms with Crippen LogP contribution in [-0.4, -0.2) is 27.5 Å². The van der Waals surface area contributed by atoms with E-state index in [4.69, 9.17) is 16.3 Å². The second kappa shape index (κ2) is 6.46. The molecule has 7 heteroatoms. The zero-order chi connectivity index (χ0) is 15.5. The largest absolute Gasteiger partial charge is 0.492 e. The molecular weight excluding hydrogens is 322 g/mol. The lowest BCUT2D eigenvalue weighted by molar-refractivity contribution is 0.111. The van der Waals surface area contributed by atoms with E-state index in [0.717, 1.165) is 29.1 Å². The van der Waals surface area contributed by atoms with Gasteiger partial charge in [0.1, 0.15) is 16.5 Å². The summed E-state index contributed by atoms with van der Waals surface area (Å²) in [6.45, 7) is 2.37. The highest BCUT2D eigenvalue weighted by atomic mass is 35.5. The minimum absolute atomic E-state index is 0.518. The molecule has 3 rings (SSSR count). The van der Waals surface area contributed by atoms with E-state index in [1.807, 2.05) is 25.1 Å². The number of carbonyl (C=O) groups excluding carboxylic acids is 1. The Hall–Kier alpha value is -1.92. The number of carbonyl (C=O) groups is 1. The van der Waals surface area contributed by atoms with Crippen LogP contribution in [0.4, 0.5) is 0 Å². The lowest BCUT2D eigenvalue weighted by Gasteiger charge is -2.06. The molecule has 0 aliphatic carbocycles. The number of hydrogen-bond donors (Lipinski definition) is 0. The number of para-hydroxylation sites is 1. The Morgan fingerprint density at radius 3 is 3.00 bits per heavy atom. The van der Waals surface area contributed by atoms with Crippen molar-refractivity contribution < 1.29 is 9.53 Å². The maximum absolute atomic E-state index is 11.0. The third kappa shape index (κ3) is 2.98. The summed E-state index contributed by atoms with van der Waals surface area (Å²) in [5.74, 6) is 0.692. The molecule has 0 N–H and O–H groups in total. The Balaban J connectivity index is 1.59.